The van der Waals surface area contributed by atoms with E-state index in [1.54, 1.807) is 28.2 Å². The third kappa shape index (κ3) is 10.1. The molecule has 7 heterocycles. The number of fused-ring (bicyclic) bond motifs is 12. The van der Waals surface area contributed by atoms with E-state index in [-0.39, 0.29) is 111 Å². The minimum Gasteiger partial charge on any atom is -0.460 e. The van der Waals surface area contributed by atoms with Crippen molar-refractivity contribution < 1.29 is 4.74 Å². The van der Waals surface area contributed by atoms with Crippen LogP contribution in [0.1, 0.15) is 33.6 Å². The van der Waals surface area contributed by atoms with E-state index in [0.29, 0.717) is 13.0 Å². The molecule has 0 aliphatic rings. The van der Waals surface area contributed by atoms with Gasteiger partial charge in [0.25, 0.3) is 0 Å². The van der Waals surface area contributed by atoms with E-state index in [0.717, 1.165) is 6.42 Å². The van der Waals surface area contributed by atoms with Gasteiger partial charge in [0.05, 0.1) is 6.10 Å². The van der Waals surface area contributed by atoms with E-state index in [2.05, 4.69) is 146 Å². The van der Waals surface area contributed by atoms with Crippen molar-refractivity contribution in [3.05, 3.63) is 0 Å². The van der Waals surface area contributed by atoms with Crippen molar-refractivity contribution >= 4 is 99.1 Å². The largest absolute Gasteiger partial charge is 0.460 e. The monoisotopic (exact) mass is 809 g/mol. The molecule has 0 saturated heterocycles. The molecule has 59 heavy (non-hydrogen) atoms. The third-order valence-electron chi connectivity index (χ3n) is 7.44. The van der Waals surface area contributed by atoms with Crippen LogP contribution in [0.25, 0.3) is 69.3 Å². The Morgan fingerprint density at radius 1 is 0.390 bits per heavy atom. The van der Waals surface area contributed by atoms with Gasteiger partial charge >= 0.3 is 6.01 Å². The molecule has 0 aromatic carbocycles. The molecule has 0 fully saturated rings. The SMILES string of the molecule is CCCNc1nc2nc(n1)[nH]c1nc(OC(C)CC)nc(n1)[nH]c1nc(NC)nc(n1)[nH]c1nc(NC)nc(n1)[nH]c1nc(NC)nc(n1)[nH]c1nc(NC)nc(n1)[nH]2. The van der Waals surface area contributed by atoms with Crippen LogP contribution >= 0.6 is 0 Å². The first-order valence-corrected chi connectivity index (χ1v) is 18.0. The molecule has 7 aromatic heterocycles. The number of hydrogen-bond acceptors (Lipinski definition) is 24. The fourth-order valence-corrected chi connectivity index (χ4v) is 4.59. The highest BCUT2D eigenvalue weighted by Gasteiger charge is 2.09. The summed E-state index contributed by atoms with van der Waals surface area (Å²) in [4.78, 5) is 98.3. The van der Waals surface area contributed by atoms with Gasteiger partial charge in [0.2, 0.25) is 99.1 Å². The van der Waals surface area contributed by atoms with Gasteiger partial charge in [0.1, 0.15) is 0 Å². The average molecular weight is 810 g/mol. The Balaban J connectivity index is 1.62. The Morgan fingerprint density at radius 3 is 0.881 bits per heavy atom. The second-order valence-electron chi connectivity index (χ2n) is 11.8. The molecule has 0 amide bonds. The number of H-pyrrole nitrogens is 6. The normalized spacial score (nSPS) is 11.4. The van der Waals surface area contributed by atoms with Crippen LogP contribution in [0.5, 0.6) is 6.01 Å². The van der Waals surface area contributed by atoms with Crippen molar-refractivity contribution in [3.63, 3.8) is 0 Å². The molecular weight excluding hydrogens is 771 g/mol. The molecule has 1 unspecified atom stereocenters. The van der Waals surface area contributed by atoms with Crippen LogP contribution in [-0.4, -0.2) is 160 Å². The number of hydrogen-bond donors (Lipinski definition) is 11. The molecule has 0 aliphatic heterocycles. The molecular formula is C29H39N29O. The average Bonchev–Trinajstić information content (AvgIpc) is 3.21. The van der Waals surface area contributed by atoms with E-state index < -0.39 is 0 Å². The maximum atomic E-state index is 5.99. The second-order valence-corrected chi connectivity index (χ2v) is 11.8. The Kier molecular flexibility index (Phi) is 11.6. The fourth-order valence-electron chi connectivity index (χ4n) is 4.59. The van der Waals surface area contributed by atoms with Crippen molar-refractivity contribution in [3.8, 4) is 6.01 Å². The standard InChI is InChI=1S/C29H39N29O/c1-8-10-34-16-43-25-52-23-41-14(32-6)39-21(50-23)48-19-37-12(30-4)35-17(46-19)45-18-36-13(31-5)38-20(47-18)49-22-40-15(33-7)42-24(51-22)54-27-56-28(55-26(44-16)53-25)58-29(57-27)59-11(3)9-2/h11H,8-10H2,1-7H3,(H11,30,31,32,33,34,35,36,37,38,39,40,41,42,43,44,45,46,47,48,49,50,51,52,53,54,55,56,57,58). The summed E-state index contributed by atoms with van der Waals surface area (Å²) in [7, 11) is 6.58. The van der Waals surface area contributed by atoms with Gasteiger partial charge in [-0.2, -0.15) is 89.7 Å². The van der Waals surface area contributed by atoms with Crippen LogP contribution in [0.2, 0.25) is 0 Å². The second kappa shape index (κ2) is 17.6. The van der Waals surface area contributed by atoms with E-state index in [4.69, 9.17) is 4.74 Å². The molecule has 11 N–H and O–H groups in total. The maximum Gasteiger partial charge on any atom is 0.323 e. The van der Waals surface area contributed by atoms with E-state index >= 15 is 0 Å². The van der Waals surface area contributed by atoms with Gasteiger partial charge in [-0.1, -0.05) is 13.8 Å². The van der Waals surface area contributed by atoms with Crippen molar-refractivity contribution in [1.82, 2.24) is 120 Å². The quantitative estimate of drug-likeness (QED) is 0.0914. The molecule has 0 spiro atoms. The van der Waals surface area contributed by atoms with Gasteiger partial charge in [-0.05, 0) is 19.8 Å². The Bertz CT molecular complexity index is 2900. The zero-order valence-electron chi connectivity index (χ0n) is 32.7. The molecule has 30 heteroatoms. The lowest BCUT2D eigenvalue weighted by Gasteiger charge is -2.09. The lowest BCUT2D eigenvalue weighted by Crippen LogP contribution is -2.12. The summed E-state index contributed by atoms with van der Waals surface area (Å²) >= 11 is 0. The molecule has 1 atom stereocenters. The van der Waals surface area contributed by atoms with Gasteiger partial charge in [-0.15, -0.1) is 0 Å². The summed E-state index contributed by atoms with van der Waals surface area (Å²) in [6, 6.07) is -0.00135. The number of rotatable bonds is 10. The van der Waals surface area contributed by atoms with Crippen LogP contribution in [0.4, 0.5) is 29.7 Å². The van der Waals surface area contributed by atoms with Gasteiger partial charge in [-0.3, -0.25) is 29.9 Å². The van der Waals surface area contributed by atoms with Crippen molar-refractivity contribution in [2.75, 3.05) is 61.3 Å². The van der Waals surface area contributed by atoms with E-state index in [9.17, 15) is 0 Å². The van der Waals surface area contributed by atoms with Gasteiger partial charge in [0.15, 0.2) is 0 Å². The first-order valence-electron chi connectivity index (χ1n) is 18.0. The van der Waals surface area contributed by atoms with Crippen LogP contribution in [0, 0.1) is 0 Å². The summed E-state index contributed by atoms with van der Waals surface area (Å²) in [6.07, 6.45) is 1.24. The van der Waals surface area contributed by atoms with Crippen LogP contribution in [0.3, 0.4) is 0 Å². The Morgan fingerprint density at radius 2 is 0.644 bits per heavy atom. The van der Waals surface area contributed by atoms with E-state index in [1.165, 1.54) is 0 Å². The first-order chi connectivity index (χ1) is 28.7. The number of anilines is 5. The minimum absolute atomic E-state index is 0.00135. The van der Waals surface area contributed by atoms with Gasteiger partial charge in [0, 0.05) is 34.7 Å². The lowest BCUT2D eigenvalue weighted by molar-refractivity contribution is 0.200. The van der Waals surface area contributed by atoms with Crippen molar-refractivity contribution in [2.24, 2.45) is 0 Å². The predicted octanol–water partition coefficient (Wildman–Crippen LogP) is 0.910. The molecule has 0 radical (unpaired) electrons. The lowest BCUT2D eigenvalue weighted by atomic mass is 10.3. The summed E-state index contributed by atoms with van der Waals surface area (Å²) in [5.74, 6) is 1.52. The molecule has 0 aliphatic carbocycles. The highest BCUT2D eigenvalue weighted by molar-refractivity contribution is 5.54. The number of aromatic nitrogens is 24. The maximum absolute atomic E-state index is 5.99. The van der Waals surface area contributed by atoms with Crippen LogP contribution < -0.4 is 31.3 Å². The van der Waals surface area contributed by atoms with Crippen molar-refractivity contribution in [1.29, 1.82) is 0 Å². The summed E-state index contributed by atoms with van der Waals surface area (Å²) < 4.78 is 5.99. The highest BCUT2D eigenvalue weighted by Crippen LogP contribution is 2.10. The molecule has 306 valence electrons. The number of ether oxygens (including phenoxy) is 1. The first kappa shape index (κ1) is 38.9. The minimum atomic E-state index is -0.236. The highest BCUT2D eigenvalue weighted by atomic mass is 16.5. The smallest absolute Gasteiger partial charge is 0.323 e. The Labute approximate surface area is 330 Å². The summed E-state index contributed by atoms with van der Waals surface area (Å²) in [6.45, 7) is 6.43. The van der Waals surface area contributed by atoms with E-state index in [1.807, 2.05) is 20.8 Å². The van der Waals surface area contributed by atoms with Gasteiger partial charge in [-0.25, -0.2) is 0 Å². The molecule has 0 saturated carbocycles. The zero-order valence-corrected chi connectivity index (χ0v) is 32.7. The molecule has 12 bridgehead atoms. The topological polar surface area (TPSA) is 396 Å². The number of aromatic amines is 6. The Hall–Kier alpha value is -8.34. The predicted molar refractivity (Wildman–Crippen MR) is 215 cm³/mol. The fraction of sp³-hybridized carbons (Fsp3) is 0.379. The van der Waals surface area contributed by atoms with Crippen molar-refractivity contribution in [2.45, 2.75) is 39.7 Å². The van der Waals surface area contributed by atoms with Gasteiger partial charge < -0.3 is 31.3 Å². The molecule has 7 aromatic rings. The zero-order chi connectivity index (χ0) is 41.3. The number of nitrogens with zero attached hydrogens (tertiary/aromatic N) is 18. The number of nitrogens with one attached hydrogen (secondary N) is 11. The summed E-state index contributed by atoms with van der Waals surface area (Å²) in [5, 5.41) is 14.8. The molecule has 7 rings (SSSR count). The third-order valence-corrected chi connectivity index (χ3v) is 7.44. The molecule has 30 nitrogen and oxygen atoms in total. The summed E-state index contributed by atoms with van der Waals surface area (Å²) in [5.41, 5.74) is 0. The van der Waals surface area contributed by atoms with Crippen LogP contribution in [-0.2, 0) is 0 Å². The van der Waals surface area contributed by atoms with Crippen LogP contribution in [0.15, 0.2) is 0 Å².